The van der Waals surface area contributed by atoms with Gasteiger partial charge in [0.2, 0.25) is 0 Å². The third-order valence-corrected chi connectivity index (χ3v) is 4.73. The van der Waals surface area contributed by atoms with Crippen LogP contribution in [0.15, 0.2) is 10.5 Å². The van der Waals surface area contributed by atoms with E-state index < -0.39 is 26.8 Å². The SMILES string of the molecule is C[Si](C)(C)c1c(F)c(Br)cc(B(O)O)c1F. The highest BCUT2D eigenvalue weighted by atomic mass is 79.9. The van der Waals surface area contributed by atoms with Crippen molar-refractivity contribution in [1.29, 1.82) is 0 Å². The molecule has 88 valence electrons. The zero-order chi connectivity index (χ0) is 12.7. The number of halogens is 3. The van der Waals surface area contributed by atoms with Crippen LogP contribution in [-0.4, -0.2) is 25.2 Å². The highest BCUT2D eigenvalue weighted by molar-refractivity contribution is 9.10. The van der Waals surface area contributed by atoms with E-state index in [4.69, 9.17) is 10.0 Å². The van der Waals surface area contributed by atoms with Gasteiger partial charge in [-0.2, -0.15) is 0 Å². The van der Waals surface area contributed by atoms with Gasteiger partial charge >= 0.3 is 7.12 Å². The Morgan fingerprint density at radius 2 is 1.69 bits per heavy atom. The van der Waals surface area contributed by atoms with Gasteiger partial charge in [0.15, 0.2) is 0 Å². The van der Waals surface area contributed by atoms with Gasteiger partial charge in [0.05, 0.1) is 12.5 Å². The molecular formula is C9H12BBrF2O2Si. The van der Waals surface area contributed by atoms with Gasteiger partial charge in [-0.05, 0) is 22.0 Å². The molecule has 1 aromatic carbocycles. The molecule has 0 amide bonds. The van der Waals surface area contributed by atoms with E-state index in [1.807, 2.05) is 0 Å². The Morgan fingerprint density at radius 1 is 1.19 bits per heavy atom. The van der Waals surface area contributed by atoms with E-state index in [0.717, 1.165) is 6.07 Å². The van der Waals surface area contributed by atoms with E-state index in [0.29, 0.717) is 0 Å². The summed E-state index contributed by atoms with van der Waals surface area (Å²) in [6.07, 6.45) is 0. The van der Waals surface area contributed by atoms with E-state index in [-0.39, 0.29) is 15.1 Å². The highest BCUT2D eigenvalue weighted by Gasteiger charge is 2.31. The lowest BCUT2D eigenvalue weighted by Crippen LogP contribution is -2.48. The molecule has 0 saturated carbocycles. The third kappa shape index (κ3) is 2.53. The Hall–Kier alpha value is -0.238. The summed E-state index contributed by atoms with van der Waals surface area (Å²) < 4.78 is 27.8. The van der Waals surface area contributed by atoms with Crippen molar-refractivity contribution in [2.45, 2.75) is 19.6 Å². The van der Waals surface area contributed by atoms with Crippen molar-refractivity contribution >= 4 is 41.8 Å². The van der Waals surface area contributed by atoms with Crippen molar-refractivity contribution in [3.8, 4) is 0 Å². The minimum atomic E-state index is -2.23. The van der Waals surface area contributed by atoms with Crippen LogP contribution in [0.3, 0.4) is 0 Å². The first kappa shape index (κ1) is 13.8. The fourth-order valence-electron chi connectivity index (χ4n) is 1.47. The van der Waals surface area contributed by atoms with E-state index in [9.17, 15) is 8.78 Å². The molecule has 0 bridgehead atoms. The zero-order valence-corrected chi connectivity index (χ0v) is 11.8. The van der Waals surface area contributed by atoms with Crippen molar-refractivity contribution in [2.75, 3.05) is 0 Å². The quantitative estimate of drug-likeness (QED) is 0.631. The topological polar surface area (TPSA) is 40.5 Å². The van der Waals surface area contributed by atoms with E-state index >= 15 is 0 Å². The van der Waals surface area contributed by atoms with Crippen LogP contribution in [0.4, 0.5) is 8.78 Å². The summed E-state index contributed by atoms with van der Waals surface area (Å²) in [4.78, 5) is 0. The minimum Gasteiger partial charge on any atom is -0.423 e. The maximum absolute atomic E-state index is 13.9. The van der Waals surface area contributed by atoms with Crippen LogP contribution in [0.5, 0.6) is 0 Å². The van der Waals surface area contributed by atoms with Gasteiger partial charge in [0.1, 0.15) is 11.6 Å². The molecule has 0 spiro atoms. The van der Waals surface area contributed by atoms with Gasteiger partial charge in [0, 0.05) is 10.6 Å². The van der Waals surface area contributed by atoms with Crippen LogP contribution < -0.4 is 10.6 Å². The molecule has 7 heteroatoms. The maximum Gasteiger partial charge on any atom is 0.491 e. The molecule has 0 fully saturated rings. The van der Waals surface area contributed by atoms with Gasteiger partial charge in [-0.3, -0.25) is 0 Å². The van der Waals surface area contributed by atoms with E-state index in [2.05, 4.69) is 15.9 Å². The molecule has 1 rings (SSSR count). The van der Waals surface area contributed by atoms with Gasteiger partial charge in [-0.1, -0.05) is 19.6 Å². The fraction of sp³-hybridized carbons (Fsp3) is 0.333. The molecule has 0 aliphatic heterocycles. The molecule has 0 aliphatic carbocycles. The Morgan fingerprint density at radius 3 is 2.06 bits per heavy atom. The van der Waals surface area contributed by atoms with Crippen LogP contribution in [0, 0.1) is 11.6 Å². The first-order valence-electron chi connectivity index (χ1n) is 4.70. The summed E-state index contributed by atoms with van der Waals surface area (Å²) in [7, 11) is -4.17. The van der Waals surface area contributed by atoms with E-state index in [1.54, 1.807) is 19.6 Å². The summed E-state index contributed by atoms with van der Waals surface area (Å²) >= 11 is 2.95. The molecule has 0 radical (unpaired) electrons. The lowest BCUT2D eigenvalue weighted by Gasteiger charge is -2.21. The number of hydrogen-bond acceptors (Lipinski definition) is 2. The number of rotatable bonds is 2. The second kappa shape index (κ2) is 4.56. The predicted molar refractivity (Wildman–Crippen MR) is 66.9 cm³/mol. The van der Waals surface area contributed by atoms with Gasteiger partial charge in [-0.25, -0.2) is 8.78 Å². The van der Waals surface area contributed by atoms with Crippen molar-refractivity contribution in [3.05, 3.63) is 22.2 Å². The Balaban J connectivity index is 3.59. The summed E-state index contributed by atoms with van der Waals surface area (Å²) in [5.74, 6) is -1.50. The van der Waals surface area contributed by atoms with Crippen molar-refractivity contribution in [2.24, 2.45) is 0 Å². The Kier molecular flexibility index (Phi) is 3.94. The standard InChI is InChI=1S/C9H12BBrF2O2Si/c1-16(2,3)9-7(12)5(10(14)15)4-6(11)8(9)13/h4,14-15H,1-3H3. The minimum absolute atomic E-state index is 0.0232. The van der Waals surface area contributed by atoms with Crippen LogP contribution in [0.2, 0.25) is 19.6 Å². The smallest absolute Gasteiger partial charge is 0.423 e. The molecule has 0 aliphatic rings. The normalized spacial score (nSPS) is 11.8. The molecule has 0 aromatic heterocycles. The number of hydrogen-bond donors (Lipinski definition) is 2. The Labute approximate surface area is 103 Å². The first-order chi connectivity index (χ1) is 7.16. The third-order valence-electron chi connectivity index (χ3n) is 2.21. The molecule has 2 N–H and O–H groups in total. The maximum atomic E-state index is 13.9. The molecule has 0 atom stereocenters. The van der Waals surface area contributed by atoms with Crippen molar-refractivity contribution in [3.63, 3.8) is 0 Å². The van der Waals surface area contributed by atoms with Gasteiger partial charge < -0.3 is 10.0 Å². The molecule has 2 nitrogen and oxygen atoms in total. The molecule has 0 saturated heterocycles. The molecule has 0 unspecified atom stereocenters. The second-order valence-corrected chi connectivity index (χ2v) is 10.4. The van der Waals surface area contributed by atoms with Gasteiger partial charge in [-0.15, -0.1) is 0 Å². The van der Waals surface area contributed by atoms with Crippen LogP contribution in [0.1, 0.15) is 0 Å². The molecular weight excluding hydrogens is 297 g/mol. The summed E-state index contributed by atoms with van der Waals surface area (Å²) in [6, 6.07) is 1.05. The monoisotopic (exact) mass is 308 g/mol. The van der Waals surface area contributed by atoms with Gasteiger partial charge in [0.25, 0.3) is 0 Å². The Bertz CT molecular complexity index is 421. The van der Waals surface area contributed by atoms with Crippen molar-refractivity contribution < 1.29 is 18.8 Å². The molecule has 0 heterocycles. The summed E-state index contributed by atoms with van der Waals surface area (Å²) in [5, 5.41) is 18.0. The average molecular weight is 309 g/mol. The predicted octanol–water partition coefficient (Wildman–Crippen LogP) is 0.952. The summed E-state index contributed by atoms with van der Waals surface area (Å²) in [5.41, 5.74) is -0.300. The highest BCUT2D eigenvalue weighted by Crippen LogP contribution is 2.17. The van der Waals surface area contributed by atoms with Crippen molar-refractivity contribution in [1.82, 2.24) is 0 Å². The second-order valence-electron chi connectivity index (χ2n) is 4.57. The lowest BCUT2D eigenvalue weighted by atomic mass is 9.80. The van der Waals surface area contributed by atoms with Crippen LogP contribution in [0.25, 0.3) is 0 Å². The number of benzene rings is 1. The van der Waals surface area contributed by atoms with Crippen LogP contribution in [-0.2, 0) is 0 Å². The van der Waals surface area contributed by atoms with E-state index in [1.165, 1.54) is 0 Å². The zero-order valence-electron chi connectivity index (χ0n) is 9.18. The fourth-order valence-corrected chi connectivity index (χ4v) is 3.69. The lowest BCUT2D eigenvalue weighted by molar-refractivity contribution is 0.423. The first-order valence-corrected chi connectivity index (χ1v) is 8.99. The summed E-state index contributed by atoms with van der Waals surface area (Å²) in [6.45, 7) is 5.36. The molecule has 16 heavy (non-hydrogen) atoms. The van der Waals surface area contributed by atoms with Crippen LogP contribution >= 0.6 is 15.9 Å². The molecule has 1 aromatic rings. The average Bonchev–Trinajstić information content (AvgIpc) is 2.08. The largest absolute Gasteiger partial charge is 0.491 e.